The summed E-state index contributed by atoms with van der Waals surface area (Å²) in [6.45, 7) is 5.44. The Hall–Kier alpha value is -3.57. The van der Waals surface area contributed by atoms with Gasteiger partial charge in [0.1, 0.15) is 0 Å². The highest BCUT2D eigenvalue weighted by Crippen LogP contribution is 2.12. The molecule has 0 aromatic carbocycles. The average molecular weight is 538 g/mol. The molecule has 10 heteroatoms. The van der Waals surface area contributed by atoms with Gasteiger partial charge in [0.15, 0.2) is 0 Å². The minimum atomic E-state index is -1.16. The molecule has 38 heavy (non-hydrogen) atoms. The van der Waals surface area contributed by atoms with Gasteiger partial charge in [-0.2, -0.15) is 0 Å². The third-order valence-corrected chi connectivity index (χ3v) is 4.94. The van der Waals surface area contributed by atoms with Crippen molar-refractivity contribution in [1.82, 2.24) is 18.5 Å². The average Bonchev–Trinajstić information content (AvgIpc) is 2.78. The summed E-state index contributed by atoms with van der Waals surface area (Å²) in [5, 5.41) is 26.6. The zero-order valence-corrected chi connectivity index (χ0v) is 23.1. The van der Waals surface area contributed by atoms with Crippen LogP contribution in [0.1, 0.15) is 52.9 Å². The van der Waals surface area contributed by atoms with E-state index >= 15 is 0 Å². The highest BCUT2D eigenvalue weighted by molar-refractivity contribution is 5.86. The summed E-state index contributed by atoms with van der Waals surface area (Å²) in [7, 11) is 1.63. The Bertz CT molecular complexity index is 913. The van der Waals surface area contributed by atoms with Crippen LogP contribution in [0.4, 0.5) is 0 Å². The van der Waals surface area contributed by atoms with Gasteiger partial charge in [-0.05, 0) is 56.6 Å². The van der Waals surface area contributed by atoms with E-state index in [4.69, 9.17) is 20.1 Å². The smallest absolute Gasteiger partial charge is 0.331 e. The lowest BCUT2D eigenvalue weighted by Crippen LogP contribution is -2.10. The fourth-order valence-electron chi connectivity index (χ4n) is 2.84. The van der Waals surface area contributed by atoms with Crippen LogP contribution in [-0.4, -0.2) is 46.4 Å². The van der Waals surface area contributed by atoms with E-state index in [0.717, 1.165) is 30.9 Å². The highest BCUT2D eigenvalue weighted by Gasteiger charge is 2.07. The van der Waals surface area contributed by atoms with E-state index in [1.165, 1.54) is 0 Å². The van der Waals surface area contributed by atoms with Gasteiger partial charge in [-0.15, -0.1) is 0 Å². The Morgan fingerprint density at radius 3 is 2.00 bits per heavy atom. The topological polar surface area (TPSA) is 226 Å². The monoisotopic (exact) mass is 537 g/mol. The van der Waals surface area contributed by atoms with Crippen LogP contribution in [0.5, 0.6) is 0 Å². The molecule has 0 aliphatic heterocycles. The second-order valence-electron chi connectivity index (χ2n) is 8.13. The Kier molecular flexibility index (Phi) is 27.4. The van der Waals surface area contributed by atoms with E-state index < -0.39 is 17.9 Å². The first-order valence-corrected chi connectivity index (χ1v) is 11.5. The number of carboxylic acid groups (broad SMARTS) is 3. The first kappa shape index (κ1) is 41.6. The molecule has 0 saturated heterocycles. The maximum atomic E-state index is 10.9. The molecule has 0 radical (unpaired) electrons. The zero-order chi connectivity index (χ0) is 26.6. The minimum Gasteiger partial charge on any atom is -0.481 e. The van der Waals surface area contributed by atoms with Crippen molar-refractivity contribution >= 4 is 17.9 Å². The molecule has 0 amide bonds. The molecule has 216 valence electrons. The largest absolute Gasteiger partial charge is 0.481 e. The van der Waals surface area contributed by atoms with Crippen LogP contribution in [0, 0.1) is 5.92 Å². The molecule has 10 nitrogen and oxygen atoms in total. The summed E-state index contributed by atoms with van der Waals surface area (Å²) in [6, 6.07) is 0. The number of ether oxygens (including phenoxy) is 1. The maximum absolute atomic E-state index is 10.9. The highest BCUT2D eigenvalue weighted by atomic mass is 16.5. The van der Waals surface area contributed by atoms with Crippen LogP contribution in [0.2, 0.25) is 0 Å². The van der Waals surface area contributed by atoms with Gasteiger partial charge < -0.3 is 38.5 Å². The summed E-state index contributed by atoms with van der Waals surface area (Å²) in [4.78, 5) is 32.4. The molecule has 0 aromatic heterocycles. The van der Waals surface area contributed by atoms with Gasteiger partial charge in [-0.1, -0.05) is 67.7 Å². The summed E-state index contributed by atoms with van der Waals surface area (Å²) in [5.41, 5.74) is 1.48. The second-order valence-corrected chi connectivity index (χ2v) is 8.13. The maximum Gasteiger partial charge on any atom is 0.331 e. The van der Waals surface area contributed by atoms with Crippen molar-refractivity contribution in [2.75, 3.05) is 7.11 Å². The predicted molar refractivity (Wildman–Crippen MR) is 153 cm³/mol. The van der Waals surface area contributed by atoms with E-state index in [-0.39, 0.29) is 48.0 Å². The number of rotatable bonds is 17. The number of aliphatic carboxylic acids is 3. The molecule has 0 heterocycles. The summed E-state index contributed by atoms with van der Waals surface area (Å²) >= 11 is 0. The van der Waals surface area contributed by atoms with Gasteiger partial charge in [0, 0.05) is 18.8 Å². The van der Waals surface area contributed by atoms with Gasteiger partial charge in [0.05, 0.1) is 12.5 Å². The Labute approximate surface area is 226 Å². The van der Waals surface area contributed by atoms with Crippen LogP contribution in [0.15, 0.2) is 83.6 Å². The molecule has 0 aliphatic carbocycles. The third-order valence-electron chi connectivity index (χ3n) is 4.94. The molecule has 0 fully saturated rings. The molecular formula is C28H47N3O7. The lowest BCUT2D eigenvalue weighted by molar-refractivity contribution is -0.136. The Morgan fingerprint density at radius 1 is 0.842 bits per heavy atom. The first-order chi connectivity index (χ1) is 16.6. The fraction of sp³-hybridized carbons (Fsp3) is 0.393. The van der Waals surface area contributed by atoms with Crippen molar-refractivity contribution in [3.05, 3.63) is 83.6 Å². The van der Waals surface area contributed by atoms with Crippen LogP contribution in [0.3, 0.4) is 0 Å². The number of unbranched alkanes of at least 4 members (excludes halogenated alkanes) is 1. The number of carbonyl (C=O) groups is 3. The van der Waals surface area contributed by atoms with Gasteiger partial charge in [-0.25, -0.2) is 9.59 Å². The van der Waals surface area contributed by atoms with Gasteiger partial charge >= 0.3 is 17.9 Å². The van der Waals surface area contributed by atoms with Crippen LogP contribution in [-0.2, 0) is 19.1 Å². The zero-order valence-electron chi connectivity index (χ0n) is 23.1. The molecule has 0 aliphatic rings. The van der Waals surface area contributed by atoms with Crippen molar-refractivity contribution in [3.8, 4) is 0 Å². The van der Waals surface area contributed by atoms with Crippen LogP contribution < -0.4 is 18.5 Å². The number of hydrogen-bond donors (Lipinski definition) is 6. The van der Waals surface area contributed by atoms with Crippen molar-refractivity contribution < 1.29 is 34.4 Å². The number of allylic oxidation sites excluding steroid dienone is 9. The minimum absolute atomic E-state index is 0. The molecule has 0 saturated carbocycles. The van der Waals surface area contributed by atoms with Crippen molar-refractivity contribution in [2.45, 2.75) is 59.0 Å². The molecule has 0 unspecified atom stereocenters. The van der Waals surface area contributed by atoms with Crippen molar-refractivity contribution in [2.24, 2.45) is 5.92 Å². The quantitative estimate of drug-likeness (QED) is 0.0519. The summed E-state index contributed by atoms with van der Waals surface area (Å²) in [5.74, 6) is -3.01. The van der Waals surface area contributed by atoms with Gasteiger partial charge in [0.25, 0.3) is 0 Å². The van der Waals surface area contributed by atoms with Crippen molar-refractivity contribution in [1.29, 1.82) is 0 Å². The third kappa shape index (κ3) is 22.9. The van der Waals surface area contributed by atoms with Crippen LogP contribution >= 0.6 is 0 Å². The van der Waals surface area contributed by atoms with Gasteiger partial charge in [-0.3, -0.25) is 4.79 Å². The lowest BCUT2D eigenvalue weighted by atomic mass is 10.0. The van der Waals surface area contributed by atoms with Gasteiger partial charge in [0.2, 0.25) is 0 Å². The Morgan fingerprint density at radius 2 is 1.45 bits per heavy atom. The predicted octanol–water partition coefficient (Wildman–Crippen LogP) is 6.37. The second kappa shape index (κ2) is 25.1. The first-order valence-electron chi connectivity index (χ1n) is 11.5. The molecular weight excluding hydrogens is 490 g/mol. The SMILES string of the molecule is CO[C@H](C/C=C\C=C\CC/C=C/C[C@H](C)/C=C/C(=C\C(=O)O)CC(=O)O)/C(C)=C/C=C(\C)C(=O)O.N.N.N. The molecule has 0 aromatic rings. The van der Waals surface area contributed by atoms with E-state index in [1.54, 1.807) is 32.3 Å². The van der Waals surface area contributed by atoms with E-state index in [9.17, 15) is 14.4 Å². The van der Waals surface area contributed by atoms with E-state index in [1.807, 2.05) is 38.2 Å². The van der Waals surface area contributed by atoms with Crippen LogP contribution in [0.25, 0.3) is 0 Å². The molecule has 0 spiro atoms. The standard InChI is InChI=1S/C28H38O7.3H3N/c1-21(15-18-24(19-26(29)30)20-27(31)32)13-11-9-7-5-6-8-10-12-14-25(35-4)22(2)16-17-23(3)28(33)34;;;/h6,8-12,15-19,21,25H,5,7,13-14,20H2,1-4H3,(H,29,30)(H,31,32)(H,33,34);3*1H3/b8-6+,11-9+,12-10-,18-15+,22-16+,23-17+,24-19+;;;/t21-,25+;;;/m0.../s1. The van der Waals surface area contributed by atoms with E-state index in [2.05, 4.69) is 18.2 Å². The Balaban J connectivity index is -0.00000193. The number of carboxylic acids is 3. The summed E-state index contributed by atoms with van der Waals surface area (Å²) in [6.07, 6.45) is 22.6. The fourth-order valence-corrected chi connectivity index (χ4v) is 2.84. The molecule has 12 N–H and O–H groups in total. The normalized spacial score (nSPS) is 14.3. The lowest BCUT2D eigenvalue weighted by Gasteiger charge is -2.13. The molecule has 0 rings (SSSR count). The van der Waals surface area contributed by atoms with E-state index in [0.29, 0.717) is 6.42 Å². The summed E-state index contributed by atoms with van der Waals surface area (Å²) < 4.78 is 5.47. The molecule has 0 bridgehead atoms. The number of hydrogen-bond acceptors (Lipinski definition) is 7. The van der Waals surface area contributed by atoms with Crippen molar-refractivity contribution in [3.63, 3.8) is 0 Å². The molecule has 2 atom stereocenters. The number of methoxy groups -OCH3 is 1.